The number of β-amino-alcohol motifs (C(OH)–C–C–N with tert-alkyl or cyclic N) is 2. The first-order chi connectivity index (χ1) is 11.9. The third-order valence-corrected chi connectivity index (χ3v) is 5.08. The fourth-order valence-electron chi connectivity index (χ4n) is 3.49. The van der Waals surface area contributed by atoms with Gasteiger partial charge in [0, 0.05) is 45.7 Å². The van der Waals surface area contributed by atoms with Crippen LogP contribution in [0.4, 0.5) is 4.39 Å². The summed E-state index contributed by atoms with van der Waals surface area (Å²) in [6.45, 7) is 2.21. The van der Waals surface area contributed by atoms with E-state index in [0.717, 1.165) is 0 Å². The highest BCUT2D eigenvalue weighted by Crippen LogP contribution is 2.28. The summed E-state index contributed by atoms with van der Waals surface area (Å²) in [6, 6.07) is 5.53. The van der Waals surface area contributed by atoms with Crippen molar-refractivity contribution in [2.45, 2.75) is 36.6 Å². The van der Waals surface area contributed by atoms with Gasteiger partial charge in [0.15, 0.2) is 0 Å². The van der Waals surface area contributed by atoms with E-state index in [4.69, 9.17) is 9.47 Å². The number of ether oxygens (including phenoxy) is 2. The minimum absolute atomic E-state index is 0.0994. The maximum Gasteiger partial charge on any atom is 0.137 e. The first-order valence-electron chi connectivity index (χ1n) is 8.70. The quantitative estimate of drug-likeness (QED) is 0.715. The van der Waals surface area contributed by atoms with Crippen LogP contribution >= 0.6 is 0 Å². The minimum Gasteiger partial charge on any atom is -0.490 e. The molecule has 0 radical (unpaired) electrons. The van der Waals surface area contributed by atoms with Gasteiger partial charge in [-0.1, -0.05) is 0 Å². The number of piperidine rings is 1. The normalized spacial score (nSPS) is 30.2. The summed E-state index contributed by atoms with van der Waals surface area (Å²) in [5.41, 5.74) is -2.26. The molecular weight excluding hydrogens is 329 g/mol. The first kappa shape index (κ1) is 18.5. The molecule has 3 rings (SSSR count). The number of hydrogen-bond donors (Lipinski definition) is 3. The smallest absolute Gasteiger partial charge is 0.137 e. The van der Waals surface area contributed by atoms with Gasteiger partial charge in [0.1, 0.15) is 23.8 Å². The second-order valence-corrected chi connectivity index (χ2v) is 7.20. The lowest BCUT2D eigenvalue weighted by Crippen LogP contribution is -2.62. The van der Waals surface area contributed by atoms with Crippen LogP contribution in [0.25, 0.3) is 0 Å². The van der Waals surface area contributed by atoms with Crippen LogP contribution in [-0.2, 0) is 4.74 Å². The van der Waals surface area contributed by atoms with E-state index in [1.54, 1.807) is 0 Å². The Morgan fingerprint density at radius 1 is 1.20 bits per heavy atom. The fraction of sp³-hybridized carbons (Fsp3) is 0.667. The standard InChI is InChI=1S/C18H26FNO5/c19-14-1-3-15(4-2-14)25-13-18(23)12-20(8-5-16(18)21)11-17(22)6-9-24-10-7-17/h1-4,16,21-23H,5-13H2/t16-,18-/m0/s1. The molecule has 7 heteroatoms. The number of rotatable bonds is 5. The number of aliphatic hydroxyl groups is 3. The number of nitrogens with zero attached hydrogens (tertiary/aromatic N) is 1. The van der Waals surface area contributed by atoms with Crippen molar-refractivity contribution in [3.63, 3.8) is 0 Å². The Kier molecular flexibility index (Phi) is 5.60. The van der Waals surface area contributed by atoms with Crippen LogP contribution in [0, 0.1) is 5.82 Å². The molecule has 0 spiro atoms. The highest BCUT2D eigenvalue weighted by Gasteiger charge is 2.44. The van der Waals surface area contributed by atoms with Crippen LogP contribution < -0.4 is 4.74 Å². The summed E-state index contributed by atoms with van der Waals surface area (Å²) in [5, 5.41) is 31.7. The summed E-state index contributed by atoms with van der Waals surface area (Å²) < 4.78 is 23.8. The SMILES string of the molecule is O[C@H]1CCN(CC2(O)CCOCC2)C[C@]1(O)COc1ccc(F)cc1. The number of likely N-dealkylation sites (tertiary alicyclic amines) is 1. The molecule has 1 aromatic carbocycles. The van der Waals surface area contributed by atoms with Crippen molar-refractivity contribution in [1.82, 2.24) is 4.90 Å². The maximum absolute atomic E-state index is 12.9. The molecule has 2 aliphatic heterocycles. The minimum atomic E-state index is -1.44. The van der Waals surface area contributed by atoms with Crippen molar-refractivity contribution in [2.24, 2.45) is 0 Å². The van der Waals surface area contributed by atoms with Crippen LogP contribution in [0.3, 0.4) is 0 Å². The van der Waals surface area contributed by atoms with Gasteiger partial charge in [0.05, 0.1) is 11.7 Å². The molecule has 1 aromatic rings. The maximum atomic E-state index is 12.9. The van der Waals surface area contributed by atoms with E-state index < -0.39 is 17.3 Å². The number of halogens is 1. The van der Waals surface area contributed by atoms with E-state index >= 15 is 0 Å². The zero-order valence-electron chi connectivity index (χ0n) is 14.2. The monoisotopic (exact) mass is 355 g/mol. The van der Waals surface area contributed by atoms with Crippen molar-refractivity contribution in [3.05, 3.63) is 30.1 Å². The van der Waals surface area contributed by atoms with Crippen molar-refractivity contribution in [2.75, 3.05) is 39.5 Å². The average molecular weight is 355 g/mol. The molecule has 2 aliphatic rings. The summed E-state index contributed by atoms with van der Waals surface area (Å²) in [7, 11) is 0. The highest BCUT2D eigenvalue weighted by molar-refractivity contribution is 5.22. The van der Waals surface area contributed by atoms with Gasteiger partial charge in [-0.25, -0.2) is 4.39 Å². The predicted molar refractivity (Wildman–Crippen MR) is 88.9 cm³/mol. The Morgan fingerprint density at radius 2 is 1.88 bits per heavy atom. The molecule has 6 nitrogen and oxygen atoms in total. The lowest BCUT2D eigenvalue weighted by molar-refractivity contribution is -0.154. The van der Waals surface area contributed by atoms with Crippen molar-refractivity contribution >= 4 is 0 Å². The Morgan fingerprint density at radius 3 is 2.56 bits per heavy atom. The van der Waals surface area contributed by atoms with E-state index in [9.17, 15) is 19.7 Å². The summed E-state index contributed by atoms with van der Waals surface area (Å²) in [5.74, 6) is 0.0712. The van der Waals surface area contributed by atoms with Crippen molar-refractivity contribution < 1.29 is 29.2 Å². The molecule has 2 heterocycles. The Labute approximate surface area is 146 Å². The van der Waals surface area contributed by atoms with Gasteiger partial charge in [-0.3, -0.25) is 4.90 Å². The number of benzene rings is 1. The van der Waals surface area contributed by atoms with Gasteiger partial charge in [-0.2, -0.15) is 0 Å². The zero-order valence-corrected chi connectivity index (χ0v) is 14.2. The molecular formula is C18H26FNO5. The molecule has 25 heavy (non-hydrogen) atoms. The van der Waals surface area contributed by atoms with E-state index in [1.165, 1.54) is 24.3 Å². The lowest BCUT2D eigenvalue weighted by Gasteiger charge is -2.45. The third kappa shape index (κ3) is 4.68. The topological polar surface area (TPSA) is 82.4 Å². The average Bonchev–Trinajstić information content (AvgIpc) is 2.58. The van der Waals surface area contributed by atoms with Gasteiger partial charge < -0.3 is 24.8 Å². The lowest BCUT2D eigenvalue weighted by atomic mass is 9.87. The molecule has 3 N–H and O–H groups in total. The van der Waals surface area contributed by atoms with Gasteiger partial charge in [-0.05, 0) is 30.7 Å². The van der Waals surface area contributed by atoms with Crippen LogP contribution in [0.5, 0.6) is 5.75 Å². The molecule has 140 valence electrons. The van der Waals surface area contributed by atoms with Crippen molar-refractivity contribution in [1.29, 1.82) is 0 Å². The van der Waals surface area contributed by atoms with E-state index in [-0.39, 0.29) is 19.0 Å². The predicted octanol–water partition coefficient (Wildman–Crippen LogP) is 0.544. The molecule has 0 unspecified atom stereocenters. The van der Waals surface area contributed by atoms with Crippen LogP contribution in [-0.4, -0.2) is 77.0 Å². The van der Waals surface area contributed by atoms with E-state index in [0.29, 0.717) is 51.3 Å². The molecule has 2 atom stereocenters. The fourth-order valence-corrected chi connectivity index (χ4v) is 3.49. The van der Waals surface area contributed by atoms with Crippen LogP contribution in [0.2, 0.25) is 0 Å². The molecule has 2 saturated heterocycles. The number of aliphatic hydroxyl groups excluding tert-OH is 1. The van der Waals surface area contributed by atoms with Crippen molar-refractivity contribution in [3.8, 4) is 5.75 Å². The molecule has 0 aliphatic carbocycles. The molecule has 0 bridgehead atoms. The third-order valence-electron chi connectivity index (χ3n) is 5.08. The van der Waals surface area contributed by atoms with Gasteiger partial charge in [0.25, 0.3) is 0 Å². The van der Waals surface area contributed by atoms with Gasteiger partial charge in [0.2, 0.25) is 0 Å². The summed E-state index contributed by atoms with van der Waals surface area (Å²) in [4.78, 5) is 1.96. The molecule has 2 fully saturated rings. The second kappa shape index (κ2) is 7.55. The largest absolute Gasteiger partial charge is 0.490 e. The van der Waals surface area contributed by atoms with Gasteiger partial charge >= 0.3 is 0 Å². The highest BCUT2D eigenvalue weighted by atomic mass is 19.1. The Hall–Kier alpha value is -1.25. The zero-order chi connectivity index (χ0) is 17.9. The van der Waals surface area contributed by atoms with E-state index in [1.807, 2.05) is 4.90 Å². The molecule has 0 saturated carbocycles. The molecule has 0 amide bonds. The Bertz CT molecular complexity index is 563. The Balaban J connectivity index is 1.59. The van der Waals surface area contributed by atoms with Crippen LogP contribution in [0.1, 0.15) is 19.3 Å². The summed E-state index contributed by atoms with van der Waals surface area (Å²) in [6.07, 6.45) is 0.622. The second-order valence-electron chi connectivity index (χ2n) is 7.20. The number of hydrogen-bond acceptors (Lipinski definition) is 6. The first-order valence-corrected chi connectivity index (χ1v) is 8.70. The van der Waals surface area contributed by atoms with Gasteiger partial charge in [-0.15, -0.1) is 0 Å². The summed E-state index contributed by atoms with van der Waals surface area (Å²) >= 11 is 0. The van der Waals surface area contributed by atoms with E-state index in [2.05, 4.69) is 0 Å². The van der Waals surface area contributed by atoms with Crippen LogP contribution in [0.15, 0.2) is 24.3 Å². The molecule has 0 aromatic heterocycles.